The van der Waals surface area contributed by atoms with Gasteiger partial charge in [0.05, 0.1) is 13.2 Å². The zero-order valence-corrected chi connectivity index (χ0v) is 43.4. The van der Waals surface area contributed by atoms with Gasteiger partial charge in [-0.2, -0.15) is 0 Å². The molecule has 310 valence electrons. The van der Waals surface area contributed by atoms with E-state index in [0.29, 0.717) is 30.8 Å². The first kappa shape index (κ1) is 50.8. The molecule has 0 aromatic carbocycles. The highest BCUT2D eigenvalue weighted by atomic mass is 28.5. The van der Waals surface area contributed by atoms with Crippen LogP contribution in [0.5, 0.6) is 0 Å². The van der Waals surface area contributed by atoms with Gasteiger partial charge in [0, 0.05) is 17.8 Å². The summed E-state index contributed by atoms with van der Waals surface area (Å²) in [5, 5.41) is 9.84. The fourth-order valence-corrected chi connectivity index (χ4v) is 49.7. The fraction of sp³-hybridized carbons (Fsp3) is 0.806. The van der Waals surface area contributed by atoms with Gasteiger partial charge in [0.15, 0.2) is 0 Å². The molecule has 2 fully saturated rings. The summed E-state index contributed by atoms with van der Waals surface area (Å²) in [5.41, 5.74) is 0.709. The van der Waals surface area contributed by atoms with E-state index in [2.05, 4.69) is 26.3 Å². The topological polar surface area (TPSA) is 156 Å². The van der Waals surface area contributed by atoms with Gasteiger partial charge in [0.25, 0.3) is 0 Å². The van der Waals surface area contributed by atoms with Crippen LogP contribution in [-0.2, 0) is 56.7 Å². The Morgan fingerprint density at radius 1 is 0.509 bits per heavy atom. The van der Waals surface area contributed by atoms with E-state index >= 15 is 0 Å². The molecule has 1 unspecified atom stereocenters. The summed E-state index contributed by atoms with van der Waals surface area (Å²) in [7, 11) is -18.9. The molecule has 53 heavy (non-hydrogen) atoms. The van der Waals surface area contributed by atoms with E-state index in [0.717, 1.165) is 18.5 Å². The van der Waals surface area contributed by atoms with Crippen molar-refractivity contribution in [2.24, 2.45) is 0 Å². The van der Waals surface area contributed by atoms with E-state index < -0.39 is 80.6 Å². The Bertz CT molecular complexity index is 1220. The highest BCUT2D eigenvalue weighted by Crippen LogP contribution is 2.34. The number of esters is 2. The third-order valence-electron chi connectivity index (χ3n) is 7.16. The van der Waals surface area contributed by atoms with Gasteiger partial charge in [0.2, 0.25) is 0 Å². The second kappa shape index (κ2) is 19.9. The standard InChI is InChI=1S/C17H38O8Si4.C14H32O6Si4/c1-15(2)17(19)21-14-16(18)13-20-11-10-12-29(9)24-27(5,6)22-26(3,4)23-28(7,8)25-29;1-13(2)14(15)16-11-10-12-24(9)19-22(5,6)17-21(3,4)18-23(7,8)20-24/h16,18H,1,10-14H2,2-9H3;1,10-12H2,2-9H3. The second-order valence-corrected chi connectivity index (χ2v) is 45.6. The molecule has 0 spiro atoms. The minimum Gasteiger partial charge on any atom is -0.462 e. The van der Waals surface area contributed by atoms with Crippen LogP contribution in [0.4, 0.5) is 0 Å². The molecule has 0 bridgehead atoms. The van der Waals surface area contributed by atoms with Crippen molar-refractivity contribution in [2.45, 2.75) is 137 Å². The van der Waals surface area contributed by atoms with Crippen LogP contribution in [-0.4, -0.2) is 118 Å². The molecular formula is C31H70O14Si8. The smallest absolute Gasteiger partial charge is 0.333 e. The van der Waals surface area contributed by atoms with Crippen LogP contribution in [0.2, 0.25) is 104 Å². The molecule has 1 N–H and O–H groups in total. The van der Waals surface area contributed by atoms with Crippen LogP contribution < -0.4 is 0 Å². The molecule has 22 heteroatoms. The summed E-state index contributed by atoms with van der Waals surface area (Å²) in [6.45, 7) is 39.7. The van der Waals surface area contributed by atoms with Gasteiger partial charge in [0.1, 0.15) is 12.7 Å². The zero-order valence-electron chi connectivity index (χ0n) is 35.4. The Morgan fingerprint density at radius 3 is 1.15 bits per heavy atom. The molecule has 0 saturated carbocycles. The van der Waals surface area contributed by atoms with Crippen molar-refractivity contribution in [3.8, 4) is 0 Å². The van der Waals surface area contributed by atoms with E-state index in [-0.39, 0.29) is 19.2 Å². The average Bonchev–Trinajstić information content (AvgIpc) is 2.88. The monoisotopic (exact) mass is 890 g/mol. The Labute approximate surface area is 328 Å². The lowest BCUT2D eigenvalue weighted by Crippen LogP contribution is -2.65. The van der Waals surface area contributed by atoms with E-state index in [1.165, 1.54) is 0 Å². The summed E-state index contributed by atoms with van der Waals surface area (Å²) in [6.07, 6.45) is 0.556. The number of aliphatic hydroxyl groups is 1. The molecule has 2 heterocycles. The molecule has 0 aromatic rings. The number of aliphatic hydroxyl groups excluding tert-OH is 1. The van der Waals surface area contributed by atoms with Gasteiger partial charge in [-0.3, -0.25) is 0 Å². The molecule has 0 radical (unpaired) electrons. The van der Waals surface area contributed by atoms with E-state index in [4.69, 9.17) is 47.1 Å². The van der Waals surface area contributed by atoms with Gasteiger partial charge in [-0.05, 0) is 130 Å². The van der Waals surface area contributed by atoms with E-state index in [1.54, 1.807) is 13.8 Å². The highest BCUT2D eigenvalue weighted by Gasteiger charge is 2.53. The Hall–Kier alpha value is -0.245. The number of hydrogen-bond donors (Lipinski definition) is 1. The molecule has 2 saturated heterocycles. The Morgan fingerprint density at radius 2 is 0.811 bits per heavy atom. The van der Waals surface area contributed by atoms with Crippen molar-refractivity contribution in [3.05, 3.63) is 24.3 Å². The number of carbonyl (C=O) groups excluding carboxylic acids is 2. The fourth-order valence-electron chi connectivity index (χ4n) is 6.56. The Balaban J connectivity index is 0.000000540. The van der Waals surface area contributed by atoms with Crippen molar-refractivity contribution in [1.82, 2.24) is 0 Å². The summed E-state index contributed by atoms with van der Waals surface area (Å²) < 4.78 is 66.8. The van der Waals surface area contributed by atoms with Crippen LogP contribution >= 0.6 is 0 Å². The van der Waals surface area contributed by atoms with Crippen LogP contribution in [0.15, 0.2) is 24.3 Å². The van der Waals surface area contributed by atoms with Crippen molar-refractivity contribution in [3.63, 3.8) is 0 Å². The number of rotatable bonds is 14. The summed E-state index contributed by atoms with van der Waals surface area (Å²) in [5.74, 6) is -0.874. The van der Waals surface area contributed by atoms with E-state index in [1.807, 2.05) is 78.6 Å². The van der Waals surface area contributed by atoms with Crippen LogP contribution in [0.3, 0.4) is 0 Å². The molecule has 0 aromatic heterocycles. The first-order chi connectivity index (χ1) is 23.7. The van der Waals surface area contributed by atoms with Gasteiger partial charge < -0.3 is 52.2 Å². The summed E-state index contributed by atoms with van der Waals surface area (Å²) in [6, 6.07) is 1.48. The van der Waals surface area contributed by atoms with Crippen molar-refractivity contribution >= 4 is 80.4 Å². The second-order valence-electron chi connectivity index (χ2n) is 16.7. The number of hydrogen-bond acceptors (Lipinski definition) is 14. The first-order valence-corrected chi connectivity index (χ1v) is 40.2. The number of ether oxygens (including phenoxy) is 3. The molecule has 14 nitrogen and oxygen atoms in total. The Kier molecular flexibility index (Phi) is 19.1. The molecule has 2 rings (SSSR count). The van der Waals surface area contributed by atoms with Gasteiger partial charge in [-0.1, -0.05) is 13.2 Å². The van der Waals surface area contributed by atoms with Gasteiger partial charge in [-0.25, -0.2) is 9.59 Å². The SMILES string of the molecule is C=C(C)C(=O)OCC(O)COCCC[Si]1(C)O[Si](C)(C)O[Si](C)(C)O[Si](C)(C)O1.C=C(C)C(=O)OCCC[Si]1(C)O[Si](C)(C)O[Si](C)(C)O[Si](C)(C)O1. The minimum absolute atomic E-state index is 0.0932. The van der Waals surface area contributed by atoms with Crippen LogP contribution in [0, 0.1) is 0 Å². The van der Waals surface area contributed by atoms with Crippen molar-refractivity contribution in [2.75, 3.05) is 26.4 Å². The zero-order chi connectivity index (χ0) is 41.3. The average molecular weight is 892 g/mol. The largest absolute Gasteiger partial charge is 0.462 e. The third-order valence-corrected chi connectivity index (χ3v) is 40.2. The molecular weight excluding hydrogens is 821 g/mol. The van der Waals surface area contributed by atoms with Crippen LogP contribution in [0.1, 0.15) is 26.7 Å². The molecule has 0 amide bonds. The van der Waals surface area contributed by atoms with Gasteiger partial charge in [-0.15, -0.1) is 0 Å². The summed E-state index contributed by atoms with van der Waals surface area (Å²) in [4.78, 5) is 22.8. The molecule has 2 aliphatic rings. The molecule has 1 atom stereocenters. The third kappa shape index (κ3) is 21.2. The lowest BCUT2D eigenvalue weighted by Gasteiger charge is -2.47. The highest BCUT2D eigenvalue weighted by molar-refractivity contribution is 6.94. The number of carbonyl (C=O) groups is 2. The predicted octanol–water partition coefficient (Wildman–Crippen LogP) is 6.88. The normalized spacial score (nSPS) is 23.9. The first-order valence-electron chi connectivity index (χ1n) is 18.2. The van der Waals surface area contributed by atoms with Crippen molar-refractivity contribution in [1.29, 1.82) is 0 Å². The maximum Gasteiger partial charge on any atom is 0.333 e. The maximum atomic E-state index is 11.5. The van der Waals surface area contributed by atoms with E-state index in [9.17, 15) is 14.7 Å². The minimum atomic E-state index is -2.50. The maximum absolute atomic E-state index is 11.5. The lowest BCUT2D eigenvalue weighted by molar-refractivity contribution is -0.143. The molecule has 0 aliphatic carbocycles. The quantitative estimate of drug-likeness (QED) is 0.0833. The molecule has 2 aliphatic heterocycles. The lowest BCUT2D eigenvalue weighted by atomic mass is 10.3. The van der Waals surface area contributed by atoms with Crippen molar-refractivity contribution < 1.29 is 61.8 Å². The van der Waals surface area contributed by atoms with Crippen LogP contribution in [0.25, 0.3) is 0 Å². The predicted molar refractivity (Wildman–Crippen MR) is 224 cm³/mol. The summed E-state index contributed by atoms with van der Waals surface area (Å²) >= 11 is 0. The van der Waals surface area contributed by atoms with Gasteiger partial charge >= 0.3 is 80.4 Å².